The second-order valence-corrected chi connectivity index (χ2v) is 14.6. The maximum Gasteiger partial charge on any atom is 0.320 e. The molecule has 2 atom stereocenters. The van der Waals surface area contributed by atoms with Crippen LogP contribution in [0.4, 0.5) is 4.79 Å². The normalized spacial score (nSPS) is 25.0. The molecule has 4 heterocycles. The van der Waals surface area contributed by atoms with Gasteiger partial charge in [0.2, 0.25) is 5.91 Å². The Hall–Kier alpha value is -2.95. The summed E-state index contributed by atoms with van der Waals surface area (Å²) in [6.45, 7) is 7.96. The minimum Gasteiger partial charge on any atom is -0.378 e. The lowest BCUT2D eigenvalue weighted by atomic mass is 9.76. The summed E-state index contributed by atoms with van der Waals surface area (Å²) in [6, 6.07) is 17.6. The highest BCUT2D eigenvalue weighted by Crippen LogP contribution is 2.43. The fraction of sp³-hybridized carbons (Fsp3) is 0.562. The molecule has 0 radical (unpaired) electrons. The number of morpholine rings is 1. The van der Waals surface area contributed by atoms with Gasteiger partial charge in [-0.15, -0.1) is 0 Å². The number of nitrogens with zero attached hydrogens (tertiary/aromatic N) is 4. The largest absolute Gasteiger partial charge is 0.378 e. The number of hydrogen-bond donors (Lipinski definition) is 0. The third-order valence-corrected chi connectivity index (χ3v) is 11.0. The van der Waals surface area contributed by atoms with Gasteiger partial charge in [-0.1, -0.05) is 42.5 Å². The van der Waals surface area contributed by atoms with E-state index in [9.17, 15) is 18.0 Å². The zero-order valence-electron chi connectivity index (χ0n) is 24.5. The predicted octanol–water partition coefficient (Wildman–Crippen LogP) is 3.07. The van der Waals surface area contributed by atoms with E-state index in [1.807, 2.05) is 32.9 Å². The Kier molecular flexibility index (Phi) is 8.31. The van der Waals surface area contributed by atoms with E-state index in [1.54, 1.807) is 12.1 Å². The second kappa shape index (κ2) is 12.0. The second-order valence-electron chi connectivity index (χ2n) is 12.5. The van der Waals surface area contributed by atoms with Crippen LogP contribution in [0, 0.1) is 11.3 Å². The number of urea groups is 1. The first-order valence-electron chi connectivity index (χ1n) is 15.2. The van der Waals surface area contributed by atoms with E-state index >= 15 is 0 Å². The van der Waals surface area contributed by atoms with E-state index in [1.165, 1.54) is 11.8 Å². The smallest absolute Gasteiger partial charge is 0.320 e. The zero-order valence-corrected chi connectivity index (χ0v) is 25.3. The molecule has 3 amide bonds. The Morgan fingerprint density at radius 1 is 0.881 bits per heavy atom. The van der Waals surface area contributed by atoms with Gasteiger partial charge in [0.25, 0.3) is 0 Å². The molecular weight excluding hydrogens is 552 g/mol. The first kappa shape index (κ1) is 29.1. The Balaban J connectivity index is 1.07. The maximum absolute atomic E-state index is 13.6. The predicted molar refractivity (Wildman–Crippen MR) is 160 cm³/mol. The first-order chi connectivity index (χ1) is 20.2. The lowest BCUT2D eigenvalue weighted by Crippen LogP contribution is -2.48. The number of hydrogen-bond acceptors (Lipinski definition) is 6. The van der Waals surface area contributed by atoms with Crippen molar-refractivity contribution in [1.82, 2.24) is 19.6 Å². The quantitative estimate of drug-likeness (QED) is 0.511. The number of amides is 3. The lowest BCUT2D eigenvalue weighted by Gasteiger charge is -2.39. The van der Waals surface area contributed by atoms with Crippen molar-refractivity contribution in [3.63, 3.8) is 0 Å². The van der Waals surface area contributed by atoms with E-state index in [0.717, 1.165) is 64.1 Å². The van der Waals surface area contributed by atoms with Gasteiger partial charge in [0.1, 0.15) is 0 Å². The van der Waals surface area contributed by atoms with Gasteiger partial charge in [-0.05, 0) is 61.5 Å². The van der Waals surface area contributed by atoms with Gasteiger partial charge in [0, 0.05) is 58.0 Å². The summed E-state index contributed by atoms with van der Waals surface area (Å²) in [5.74, 6) is 0.876. The molecule has 226 valence electrons. The highest BCUT2D eigenvalue weighted by atomic mass is 32.2. The molecule has 0 aromatic heterocycles. The highest BCUT2D eigenvalue weighted by Gasteiger charge is 2.48. The van der Waals surface area contributed by atoms with Crippen molar-refractivity contribution in [1.29, 1.82) is 0 Å². The summed E-state index contributed by atoms with van der Waals surface area (Å²) in [5.41, 5.74) is 1.95. The summed E-state index contributed by atoms with van der Waals surface area (Å²) < 4.78 is 29.0. The summed E-state index contributed by atoms with van der Waals surface area (Å²) >= 11 is 0. The van der Waals surface area contributed by atoms with Crippen LogP contribution in [0.15, 0.2) is 59.5 Å². The number of rotatable bonds is 6. The summed E-state index contributed by atoms with van der Waals surface area (Å²) in [5, 5.41) is 0. The lowest BCUT2D eigenvalue weighted by molar-refractivity contribution is -0.139. The van der Waals surface area contributed by atoms with Crippen molar-refractivity contribution in [3.8, 4) is 0 Å². The van der Waals surface area contributed by atoms with Crippen LogP contribution in [-0.2, 0) is 25.9 Å². The van der Waals surface area contributed by atoms with Crippen LogP contribution in [0.25, 0.3) is 0 Å². The molecule has 4 aliphatic rings. The molecule has 2 aromatic carbocycles. The maximum atomic E-state index is 13.6. The molecular formula is C32H42N4O5S. The molecule has 4 fully saturated rings. The number of carbonyl (C=O) groups is 2. The molecule has 0 unspecified atom stereocenters. The molecule has 0 saturated carbocycles. The Morgan fingerprint density at radius 2 is 1.55 bits per heavy atom. The van der Waals surface area contributed by atoms with Crippen molar-refractivity contribution in [2.24, 2.45) is 11.3 Å². The molecule has 0 N–H and O–H groups in total. The molecule has 0 aliphatic carbocycles. The fourth-order valence-corrected chi connectivity index (χ4v) is 7.94. The molecule has 1 spiro atoms. The van der Waals surface area contributed by atoms with Crippen LogP contribution in [0.2, 0.25) is 0 Å². The van der Waals surface area contributed by atoms with Crippen LogP contribution < -0.4 is 0 Å². The van der Waals surface area contributed by atoms with Crippen molar-refractivity contribution >= 4 is 21.8 Å². The monoisotopic (exact) mass is 594 g/mol. The van der Waals surface area contributed by atoms with Gasteiger partial charge in [-0.3, -0.25) is 4.79 Å². The van der Waals surface area contributed by atoms with Crippen LogP contribution in [0.5, 0.6) is 0 Å². The highest BCUT2D eigenvalue weighted by molar-refractivity contribution is 7.90. The summed E-state index contributed by atoms with van der Waals surface area (Å²) in [7, 11) is -3.24. The number of benzene rings is 2. The molecule has 2 aromatic rings. The van der Waals surface area contributed by atoms with E-state index in [0.29, 0.717) is 49.6 Å². The van der Waals surface area contributed by atoms with Crippen molar-refractivity contribution in [2.75, 3.05) is 71.8 Å². The first-order valence-corrected chi connectivity index (χ1v) is 17.1. The minimum atomic E-state index is -3.24. The van der Waals surface area contributed by atoms with Gasteiger partial charge >= 0.3 is 6.03 Å². The molecule has 6 rings (SSSR count). The molecule has 10 heteroatoms. The number of ether oxygens (including phenoxy) is 1. The Morgan fingerprint density at radius 3 is 2.21 bits per heavy atom. The number of carbonyl (C=O) groups excluding carboxylic acids is 2. The third kappa shape index (κ3) is 6.07. The zero-order chi connectivity index (χ0) is 29.3. The van der Waals surface area contributed by atoms with Crippen molar-refractivity contribution < 1.29 is 22.7 Å². The molecule has 0 bridgehead atoms. The summed E-state index contributed by atoms with van der Waals surface area (Å²) in [4.78, 5) is 35.7. The van der Waals surface area contributed by atoms with Crippen LogP contribution in [0.1, 0.15) is 36.3 Å². The van der Waals surface area contributed by atoms with Crippen molar-refractivity contribution in [2.45, 2.75) is 36.6 Å². The van der Waals surface area contributed by atoms with Crippen molar-refractivity contribution in [3.05, 3.63) is 65.7 Å². The minimum absolute atomic E-state index is 0.127. The number of piperidine rings is 1. The average Bonchev–Trinajstić information content (AvgIpc) is 3.56. The van der Waals surface area contributed by atoms with E-state index < -0.39 is 9.84 Å². The van der Waals surface area contributed by atoms with Gasteiger partial charge < -0.3 is 24.3 Å². The van der Waals surface area contributed by atoms with E-state index in [4.69, 9.17) is 4.74 Å². The van der Waals surface area contributed by atoms with E-state index in [2.05, 4.69) is 29.2 Å². The van der Waals surface area contributed by atoms with Crippen LogP contribution in [-0.4, -0.2) is 112 Å². The number of sulfone groups is 1. The number of likely N-dealkylation sites (tertiary alicyclic amines) is 3. The van der Waals surface area contributed by atoms with Crippen LogP contribution >= 0.6 is 0 Å². The average molecular weight is 595 g/mol. The van der Waals surface area contributed by atoms with Crippen LogP contribution in [0.3, 0.4) is 0 Å². The molecule has 4 aliphatic heterocycles. The molecule has 42 heavy (non-hydrogen) atoms. The standard InChI is InChI=1S/C32H42N4O5S/c1-42(39,40)28-9-7-25(8-10-28)21-35-16-13-32(30(35)37)11-14-33(15-12-32)22-27-23-36(31(38)34-17-19-41-20-18-34)24-29(27)26-5-3-2-4-6-26/h2-10,27,29H,11-24H2,1H3/t27-,29+/m0/s1. The SMILES string of the molecule is CS(=O)(=O)c1ccc(CN2CCC3(CCN(C[C@H]4CN(C(=O)N5CCOCC5)C[C@@H]4c4ccccc4)CC3)C2=O)cc1. The van der Waals surface area contributed by atoms with Gasteiger partial charge in [0.15, 0.2) is 9.84 Å². The topological polar surface area (TPSA) is 90.5 Å². The fourth-order valence-electron chi connectivity index (χ4n) is 7.31. The Labute approximate surface area is 249 Å². The van der Waals surface area contributed by atoms with Gasteiger partial charge in [-0.25, -0.2) is 13.2 Å². The molecule has 4 saturated heterocycles. The molecule has 9 nitrogen and oxygen atoms in total. The Bertz CT molecular complexity index is 1370. The van der Waals surface area contributed by atoms with Gasteiger partial charge in [-0.2, -0.15) is 0 Å². The van der Waals surface area contributed by atoms with Gasteiger partial charge in [0.05, 0.1) is 23.5 Å². The summed E-state index contributed by atoms with van der Waals surface area (Å²) in [6.07, 6.45) is 3.79. The third-order valence-electron chi connectivity index (χ3n) is 9.85. The van der Waals surface area contributed by atoms with E-state index in [-0.39, 0.29) is 17.4 Å².